The molecule has 0 fully saturated rings. The summed E-state index contributed by atoms with van der Waals surface area (Å²) < 4.78 is 0. The molecule has 0 aliphatic rings. The lowest BCUT2D eigenvalue weighted by Gasteiger charge is -2.02. The Morgan fingerprint density at radius 3 is 2.75 bits per heavy atom. The summed E-state index contributed by atoms with van der Waals surface area (Å²) in [6.07, 6.45) is 1.30. The molecule has 6 nitrogen and oxygen atoms in total. The number of aromatic amines is 1. The molecule has 0 atom stereocenters. The van der Waals surface area contributed by atoms with E-state index in [9.17, 15) is 4.79 Å². The van der Waals surface area contributed by atoms with E-state index in [4.69, 9.17) is 5.11 Å². The van der Waals surface area contributed by atoms with Crippen LogP contribution in [0, 0.1) is 13.8 Å². The number of aromatic nitrogens is 4. The lowest BCUT2D eigenvalue weighted by Crippen LogP contribution is -1.96. The Morgan fingerprint density at radius 1 is 1.25 bits per heavy atom. The van der Waals surface area contributed by atoms with E-state index in [2.05, 4.69) is 19.9 Å². The van der Waals surface area contributed by atoms with Crippen molar-refractivity contribution in [3.8, 4) is 11.4 Å². The molecule has 3 rings (SSSR count). The van der Waals surface area contributed by atoms with Crippen molar-refractivity contribution in [2.24, 2.45) is 0 Å². The van der Waals surface area contributed by atoms with Crippen LogP contribution < -0.4 is 0 Å². The summed E-state index contributed by atoms with van der Waals surface area (Å²) in [5.74, 6) is -0.372. The smallest absolute Gasteiger partial charge is 0.337 e. The second-order valence-electron chi connectivity index (χ2n) is 4.57. The van der Waals surface area contributed by atoms with Crippen LogP contribution >= 0.6 is 0 Å². The summed E-state index contributed by atoms with van der Waals surface area (Å²) in [6, 6.07) is 5.37. The number of carbonyl (C=O) groups is 1. The molecule has 0 bridgehead atoms. The maximum absolute atomic E-state index is 10.9. The highest BCUT2D eigenvalue weighted by Crippen LogP contribution is 2.22. The summed E-state index contributed by atoms with van der Waals surface area (Å²) >= 11 is 0. The number of aryl methyl sites for hydroxylation is 2. The van der Waals surface area contributed by atoms with Crippen LogP contribution in [0.25, 0.3) is 22.6 Å². The molecule has 6 heteroatoms. The van der Waals surface area contributed by atoms with E-state index in [1.54, 1.807) is 0 Å². The molecule has 0 unspecified atom stereocenters. The van der Waals surface area contributed by atoms with Crippen molar-refractivity contribution in [1.82, 2.24) is 19.9 Å². The minimum Gasteiger partial charge on any atom is -0.478 e. The monoisotopic (exact) mass is 268 g/mol. The minimum atomic E-state index is -1.01. The average Bonchev–Trinajstić information content (AvgIpc) is 2.80. The maximum Gasteiger partial charge on any atom is 0.337 e. The van der Waals surface area contributed by atoms with Gasteiger partial charge in [-0.2, -0.15) is 0 Å². The van der Waals surface area contributed by atoms with Crippen LogP contribution in [-0.4, -0.2) is 31.0 Å². The first-order valence-corrected chi connectivity index (χ1v) is 6.08. The summed E-state index contributed by atoms with van der Waals surface area (Å²) in [4.78, 5) is 26.8. The van der Waals surface area contributed by atoms with Gasteiger partial charge >= 0.3 is 5.97 Å². The zero-order chi connectivity index (χ0) is 14.3. The number of carboxylic acid groups (broad SMARTS) is 1. The van der Waals surface area contributed by atoms with Gasteiger partial charge in [-0.25, -0.2) is 14.8 Å². The molecule has 20 heavy (non-hydrogen) atoms. The highest BCUT2D eigenvalue weighted by Gasteiger charge is 2.11. The van der Waals surface area contributed by atoms with Gasteiger partial charge in [0.1, 0.15) is 5.82 Å². The molecule has 0 radical (unpaired) electrons. The van der Waals surface area contributed by atoms with E-state index >= 15 is 0 Å². The second-order valence-corrected chi connectivity index (χ2v) is 4.57. The van der Waals surface area contributed by atoms with Gasteiger partial charge in [0.2, 0.25) is 0 Å². The van der Waals surface area contributed by atoms with Crippen molar-refractivity contribution in [2.75, 3.05) is 0 Å². The standard InChI is InChI=1S/C14H12N4O2/c1-7-3-4-10(8(2)16-7)12-17-11-5-9(14(19)20)6-15-13(11)18-12/h3-6H,1-2H3,(H,19,20)(H,15,17,18). The fraction of sp³-hybridized carbons (Fsp3) is 0.143. The highest BCUT2D eigenvalue weighted by molar-refractivity contribution is 5.91. The van der Waals surface area contributed by atoms with E-state index in [1.807, 2.05) is 26.0 Å². The molecular weight excluding hydrogens is 256 g/mol. The topological polar surface area (TPSA) is 91.8 Å². The lowest BCUT2D eigenvalue weighted by molar-refractivity contribution is 0.0696. The number of hydrogen-bond acceptors (Lipinski definition) is 4. The van der Waals surface area contributed by atoms with E-state index < -0.39 is 5.97 Å². The number of aromatic carboxylic acids is 1. The molecule has 3 heterocycles. The molecule has 0 aliphatic carbocycles. The van der Waals surface area contributed by atoms with E-state index in [0.717, 1.165) is 17.0 Å². The number of carboxylic acids is 1. The molecule has 0 amide bonds. The zero-order valence-electron chi connectivity index (χ0n) is 11.0. The van der Waals surface area contributed by atoms with Gasteiger partial charge in [0, 0.05) is 23.1 Å². The molecule has 0 aliphatic heterocycles. The second kappa shape index (κ2) is 4.41. The fourth-order valence-corrected chi connectivity index (χ4v) is 2.08. The maximum atomic E-state index is 10.9. The Hall–Kier alpha value is -2.76. The summed E-state index contributed by atoms with van der Waals surface area (Å²) in [7, 11) is 0. The van der Waals surface area contributed by atoms with Crippen LogP contribution in [0.5, 0.6) is 0 Å². The molecule has 100 valence electrons. The first kappa shape index (κ1) is 12.3. The molecule has 0 spiro atoms. The van der Waals surface area contributed by atoms with Gasteiger partial charge in [-0.05, 0) is 32.0 Å². The Kier molecular flexibility index (Phi) is 2.71. The molecule has 3 aromatic heterocycles. The minimum absolute atomic E-state index is 0.131. The molecule has 3 aromatic rings. The number of imidazole rings is 1. The van der Waals surface area contributed by atoms with Crippen molar-refractivity contribution in [2.45, 2.75) is 13.8 Å². The Labute approximate surface area is 114 Å². The third-order valence-electron chi connectivity index (χ3n) is 3.06. The molecule has 0 saturated heterocycles. The Morgan fingerprint density at radius 2 is 2.05 bits per heavy atom. The predicted octanol–water partition coefficient (Wildman–Crippen LogP) is 2.33. The van der Waals surface area contributed by atoms with Gasteiger partial charge in [0.25, 0.3) is 0 Å². The van der Waals surface area contributed by atoms with E-state index in [0.29, 0.717) is 17.0 Å². The number of H-pyrrole nitrogens is 1. The predicted molar refractivity (Wildman–Crippen MR) is 73.6 cm³/mol. The number of nitrogens with zero attached hydrogens (tertiary/aromatic N) is 3. The quantitative estimate of drug-likeness (QED) is 0.744. The Bertz CT molecular complexity index is 823. The third kappa shape index (κ3) is 2.01. The molecule has 0 saturated carbocycles. The van der Waals surface area contributed by atoms with Gasteiger partial charge in [-0.1, -0.05) is 0 Å². The van der Waals surface area contributed by atoms with Gasteiger partial charge in [-0.3, -0.25) is 4.98 Å². The molecular formula is C14H12N4O2. The van der Waals surface area contributed by atoms with Gasteiger partial charge in [0.15, 0.2) is 5.65 Å². The van der Waals surface area contributed by atoms with Crippen LogP contribution in [0.15, 0.2) is 24.4 Å². The summed E-state index contributed by atoms with van der Waals surface area (Å²) in [5, 5.41) is 8.96. The van der Waals surface area contributed by atoms with Crippen LogP contribution in [0.4, 0.5) is 0 Å². The third-order valence-corrected chi connectivity index (χ3v) is 3.06. The Balaban J connectivity index is 2.15. The largest absolute Gasteiger partial charge is 0.478 e. The number of pyridine rings is 2. The number of fused-ring (bicyclic) bond motifs is 1. The molecule has 0 aromatic carbocycles. The summed E-state index contributed by atoms with van der Waals surface area (Å²) in [5.41, 5.74) is 3.90. The van der Waals surface area contributed by atoms with E-state index in [-0.39, 0.29) is 5.56 Å². The van der Waals surface area contributed by atoms with Crippen LogP contribution in [-0.2, 0) is 0 Å². The van der Waals surface area contributed by atoms with Crippen molar-refractivity contribution in [3.05, 3.63) is 41.3 Å². The molecule has 2 N–H and O–H groups in total. The van der Waals surface area contributed by atoms with Crippen molar-refractivity contribution in [3.63, 3.8) is 0 Å². The lowest BCUT2D eigenvalue weighted by atomic mass is 10.2. The van der Waals surface area contributed by atoms with Crippen LogP contribution in [0.1, 0.15) is 21.7 Å². The first-order chi connectivity index (χ1) is 9.54. The van der Waals surface area contributed by atoms with Crippen molar-refractivity contribution >= 4 is 17.1 Å². The SMILES string of the molecule is Cc1ccc(-c2nc3ncc(C(=O)O)cc3[nH]2)c(C)n1. The number of rotatable bonds is 2. The number of nitrogens with one attached hydrogen (secondary N) is 1. The van der Waals surface area contributed by atoms with Crippen LogP contribution in [0.2, 0.25) is 0 Å². The van der Waals surface area contributed by atoms with Crippen LogP contribution in [0.3, 0.4) is 0 Å². The van der Waals surface area contributed by atoms with Gasteiger partial charge in [-0.15, -0.1) is 0 Å². The summed E-state index contributed by atoms with van der Waals surface area (Å²) in [6.45, 7) is 3.84. The first-order valence-electron chi connectivity index (χ1n) is 6.08. The van der Waals surface area contributed by atoms with E-state index in [1.165, 1.54) is 12.3 Å². The normalized spacial score (nSPS) is 10.9. The fourth-order valence-electron chi connectivity index (χ4n) is 2.08. The zero-order valence-corrected chi connectivity index (χ0v) is 11.0. The average molecular weight is 268 g/mol. The van der Waals surface area contributed by atoms with Gasteiger partial charge in [0.05, 0.1) is 11.1 Å². The van der Waals surface area contributed by atoms with Gasteiger partial charge < -0.3 is 10.1 Å². The number of hydrogen-bond donors (Lipinski definition) is 2. The highest BCUT2D eigenvalue weighted by atomic mass is 16.4. The van der Waals surface area contributed by atoms with Crippen molar-refractivity contribution in [1.29, 1.82) is 0 Å². The van der Waals surface area contributed by atoms with Crippen molar-refractivity contribution < 1.29 is 9.90 Å².